The Balaban J connectivity index is 1.83. The largest absolute Gasteiger partial charge is 0.444 e. The summed E-state index contributed by atoms with van der Waals surface area (Å²) < 4.78 is 5.09. The monoisotopic (exact) mass is 290 g/mol. The van der Waals surface area contributed by atoms with Gasteiger partial charge in [-0.1, -0.05) is 12.1 Å². The maximum Gasteiger partial charge on any atom is 0.409 e. The summed E-state index contributed by atoms with van der Waals surface area (Å²) >= 11 is 0. The van der Waals surface area contributed by atoms with Crippen molar-refractivity contribution in [2.75, 3.05) is 18.9 Å². The molecule has 0 bridgehead atoms. The smallest absolute Gasteiger partial charge is 0.409 e. The van der Waals surface area contributed by atoms with Crippen LogP contribution in [0.3, 0.4) is 0 Å². The van der Waals surface area contributed by atoms with Crippen molar-refractivity contribution < 1.29 is 19.1 Å². The van der Waals surface area contributed by atoms with Gasteiger partial charge in [-0.2, -0.15) is 0 Å². The van der Waals surface area contributed by atoms with Crippen LogP contribution in [0.1, 0.15) is 30.1 Å². The van der Waals surface area contributed by atoms with Crippen molar-refractivity contribution in [1.29, 1.82) is 0 Å². The van der Waals surface area contributed by atoms with Crippen LogP contribution >= 0.6 is 0 Å². The van der Waals surface area contributed by atoms with Gasteiger partial charge in [-0.05, 0) is 25.5 Å². The second kappa shape index (κ2) is 6.39. The quantitative estimate of drug-likeness (QED) is 0.842. The minimum atomic E-state index is -0.352. The molecule has 0 saturated carbocycles. The van der Waals surface area contributed by atoms with Gasteiger partial charge >= 0.3 is 6.09 Å². The van der Waals surface area contributed by atoms with Gasteiger partial charge in [-0.3, -0.25) is 9.59 Å². The van der Waals surface area contributed by atoms with E-state index in [4.69, 9.17) is 4.74 Å². The van der Waals surface area contributed by atoms with Crippen molar-refractivity contribution in [3.05, 3.63) is 29.8 Å². The average molecular weight is 290 g/mol. The number of carbonyl (C=O) groups is 3. The molecular weight excluding hydrogens is 272 g/mol. The van der Waals surface area contributed by atoms with E-state index >= 15 is 0 Å². The van der Waals surface area contributed by atoms with Crippen LogP contribution in [0, 0.1) is 0 Å². The minimum absolute atomic E-state index is 0.0491. The number of hydrogen-bond acceptors (Lipinski definition) is 4. The molecule has 21 heavy (non-hydrogen) atoms. The lowest BCUT2D eigenvalue weighted by Crippen LogP contribution is -2.20. The highest BCUT2D eigenvalue weighted by Crippen LogP contribution is 2.15. The first kappa shape index (κ1) is 15.0. The van der Waals surface area contributed by atoms with Gasteiger partial charge in [-0.15, -0.1) is 0 Å². The van der Waals surface area contributed by atoms with Crippen LogP contribution in [0.15, 0.2) is 24.3 Å². The Morgan fingerprint density at radius 2 is 2.19 bits per heavy atom. The zero-order chi connectivity index (χ0) is 15.4. The summed E-state index contributed by atoms with van der Waals surface area (Å²) in [6.07, 6.45) is 0.149. The third kappa shape index (κ3) is 4.05. The van der Waals surface area contributed by atoms with Crippen molar-refractivity contribution in [2.24, 2.45) is 0 Å². The fourth-order valence-corrected chi connectivity index (χ4v) is 2.13. The van der Waals surface area contributed by atoms with Crippen LogP contribution in [0.2, 0.25) is 0 Å². The van der Waals surface area contributed by atoms with Gasteiger partial charge in [-0.25, -0.2) is 4.79 Å². The van der Waals surface area contributed by atoms with E-state index in [-0.39, 0.29) is 30.3 Å². The molecule has 1 atom stereocenters. The number of likely N-dealkylation sites (N-methyl/N-ethyl adjacent to an activating group) is 1. The Bertz CT molecular complexity index is 571. The number of benzene rings is 1. The standard InChI is InChI=1S/C15H18N2O4/c1-10(18)11-4-3-5-12(8-11)16-14(19)7-6-13-9-17(2)15(20)21-13/h3-5,8,13H,6-7,9H2,1-2H3,(H,16,19). The van der Waals surface area contributed by atoms with Crippen LogP contribution in [0.25, 0.3) is 0 Å². The van der Waals surface area contributed by atoms with Crippen LogP contribution in [0.5, 0.6) is 0 Å². The Morgan fingerprint density at radius 1 is 1.43 bits per heavy atom. The number of Topliss-reactive ketones (excluding diaryl/α,β-unsaturated/α-hetero) is 1. The molecule has 6 nitrogen and oxygen atoms in total. The van der Waals surface area contributed by atoms with Crippen LogP contribution in [-0.2, 0) is 9.53 Å². The third-order valence-corrected chi connectivity index (χ3v) is 3.30. The van der Waals surface area contributed by atoms with Gasteiger partial charge < -0.3 is 15.0 Å². The summed E-state index contributed by atoms with van der Waals surface area (Å²) in [6, 6.07) is 6.79. The molecule has 6 heteroatoms. The van der Waals surface area contributed by atoms with Crippen LogP contribution < -0.4 is 5.32 Å². The maximum absolute atomic E-state index is 11.9. The molecule has 1 saturated heterocycles. The lowest BCUT2D eigenvalue weighted by Gasteiger charge is -2.09. The SMILES string of the molecule is CC(=O)c1cccc(NC(=O)CCC2CN(C)C(=O)O2)c1. The number of anilines is 1. The third-order valence-electron chi connectivity index (χ3n) is 3.30. The van der Waals surface area contributed by atoms with E-state index in [2.05, 4.69) is 5.32 Å². The van der Waals surface area contributed by atoms with E-state index in [1.54, 1.807) is 31.3 Å². The fraction of sp³-hybridized carbons (Fsp3) is 0.400. The van der Waals surface area contributed by atoms with E-state index in [0.717, 1.165) is 0 Å². The molecule has 1 aromatic carbocycles. The molecule has 0 spiro atoms. The first-order valence-electron chi connectivity index (χ1n) is 6.78. The number of hydrogen-bond donors (Lipinski definition) is 1. The van der Waals surface area contributed by atoms with Crippen LogP contribution in [0.4, 0.5) is 10.5 Å². The van der Waals surface area contributed by atoms with E-state index < -0.39 is 0 Å². The minimum Gasteiger partial charge on any atom is -0.444 e. The Kier molecular flexibility index (Phi) is 4.57. The maximum atomic E-state index is 11.9. The summed E-state index contributed by atoms with van der Waals surface area (Å²) in [6.45, 7) is 1.98. The number of rotatable bonds is 5. The summed E-state index contributed by atoms with van der Waals surface area (Å²) in [5.74, 6) is -0.215. The molecule has 2 amide bonds. The van der Waals surface area contributed by atoms with E-state index in [9.17, 15) is 14.4 Å². The average Bonchev–Trinajstić information content (AvgIpc) is 2.76. The summed E-state index contributed by atoms with van der Waals surface area (Å²) in [4.78, 5) is 35.8. The number of carbonyl (C=O) groups excluding carboxylic acids is 3. The molecule has 0 aromatic heterocycles. The highest BCUT2D eigenvalue weighted by Gasteiger charge is 2.28. The fourth-order valence-electron chi connectivity index (χ4n) is 2.13. The molecule has 0 aliphatic carbocycles. The summed E-state index contributed by atoms with van der Waals surface area (Å²) in [5, 5.41) is 2.74. The van der Waals surface area contributed by atoms with Gasteiger partial charge in [0.25, 0.3) is 0 Å². The lowest BCUT2D eigenvalue weighted by molar-refractivity contribution is -0.116. The van der Waals surface area contributed by atoms with Gasteiger partial charge in [0.1, 0.15) is 6.10 Å². The van der Waals surface area contributed by atoms with Crippen molar-refractivity contribution in [3.8, 4) is 0 Å². The first-order valence-corrected chi connectivity index (χ1v) is 6.78. The van der Waals surface area contributed by atoms with E-state index in [1.807, 2.05) is 0 Å². The second-order valence-corrected chi connectivity index (χ2v) is 5.11. The topological polar surface area (TPSA) is 75.7 Å². The molecule has 2 rings (SSSR count). The van der Waals surface area contributed by atoms with E-state index in [0.29, 0.717) is 24.2 Å². The molecule has 0 radical (unpaired) electrons. The molecule has 1 aliphatic heterocycles. The zero-order valence-electron chi connectivity index (χ0n) is 12.1. The molecule has 1 heterocycles. The van der Waals surface area contributed by atoms with Crippen LogP contribution in [-0.4, -0.2) is 42.4 Å². The predicted molar refractivity (Wildman–Crippen MR) is 77.2 cm³/mol. The van der Waals surface area contributed by atoms with Crippen molar-refractivity contribution in [3.63, 3.8) is 0 Å². The number of ketones is 1. The Morgan fingerprint density at radius 3 is 2.81 bits per heavy atom. The number of ether oxygens (including phenoxy) is 1. The van der Waals surface area contributed by atoms with Gasteiger partial charge in [0.2, 0.25) is 5.91 Å². The van der Waals surface area contributed by atoms with E-state index in [1.165, 1.54) is 11.8 Å². The normalized spacial score (nSPS) is 17.5. The molecular formula is C15H18N2O4. The Labute approximate surface area is 123 Å². The second-order valence-electron chi connectivity index (χ2n) is 5.11. The first-order chi connectivity index (χ1) is 9.95. The summed E-state index contributed by atoms with van der Waals surface area (Å²) in [5.41, 5.74) is 1.15. The zero-order valence-corrected chi connectivity index (χ0v) is 12.1. The molecule has 1 N–H and O–H groups in total. The van der Waals surface area contributed by atoms with Crippen molar-refractivity contribution in [2.45, 2.75) is 25.9 Å². The summed E-state index contributed by atoms with van der Waals surface area (Å²) in [7, 11) is 1.66. The molecule has 1 unspecified atom stereocenters. The predicted octanol–water partition coefficient (Wildman–Crippen LogP) is 2.06. The molecule has 1 aromatic rings. The van der Waals surface area contributed by atoms with Gasteiger partial charge in [0.15, 0.2) is 5.78 Å². The molecule has 112 valence electrons. The molecule has 1 aliphatic rings. The Hall–Kier alpha value is -2.37. The molecule has 1 fully saturated rings. The van der Waals surface area contributed by atoms with Gasteiger partial charge in [0, 0.05) is 24.7 Å². The number of nitrogens with one attached hydrogen (secondary N) is 1. The number of nitrogens with zero attached hydrogens (tertiary/aromatic N) is 1. The van der Waals surface area contributed by atoms with Crippen molar-refractivity contribution >= 4 is 23.5 Å². The number of amides is 2. The highest BCUT2D eigenvalue weighted by atomic mass is 16.6. The highest BCUT2D eigenvalue weighted by molar-refractivity contribution is 5.97. The van der Waals surface area contributed by atoms with Gasteiger partial charge in [0.05, 0.1) is 6.54 Å². The van der Waals surface area contributed by atoms with Crippen molar-refractivity contribution in [1.82, 2.24) is 4.90 Å². The number of cyclic esters (lactones) is 1. The lowest BCUT2D eigenvalue weighted by atomic mass is 10.1.